The second-order valence-corrected chi connectivity index (χ2v) is 3.27. The third-order valence-electron chi connectivity index (χ3n) is 2.20. The van der Waals surface area contributed by atoms with Gasteiger partial charge in [-0.05, 0) is 19.1 Å². The first-order chi connectivity index (χ1) is 7.31. The molecule has 0 saturated heterocycles. The van der Waals surface area contributed by atoms with E-state index in [4.69, 9.17) is 0 Å². The quantitative estimate of drug-likeness (QED) is 0.695. The zero-order chi connectivity index (χ0) is 10.7. The summed E-state index contributed by atoms with van der Waals surface area (Å²) in [5, 5.41) is 0. The van der Waals surface area contributed by atoms with Crippen LogP contribution in [0.1, 0.15) is 16.1 Å². The third-order valence-corrected chi connectivity index (χ3v) is 2.20. The van der Waals surface area contributed by atoms with Gasteiger partial charge in [0.05, 0.1) is 0 Å². The van der Waals surface area contributed by atoms with Gasteiger partial charge >= 0.3 is 0 Å². The SMILES string of the molecule is Cc1ccc(-c2cnccc2C=O)cn1. The number of rotatable bonds is 2. The molecule has 3 heteroatoms. The number of carbonyl (C=O) groups is 1. The lowest BCUT2D eigenvalue weighted by Crippen LogP contribution is -1.90. The summed E-state index contributed by atoms with van der Waals surface area (Å²) in [4.78, 5) is 19.0. The predicted molar refractivity (Wildman–Crippen MR) is 57.6 cm³/mol. The molecule has 0 atom stereocenters. The van der Waals surface area contributed by atoms with E-state index in [1.54, 1.807) is 24.7 Å². The normalized spacial score (nSPS) is 9.93. The van der Waals surface area contributed by atoms with Crippen LogP contribution in [0.4, 0.5) is 0 Å². The van der Waals surface area contributed by atoms with Gasteiger partial charge in [0.25, 0.3) is 0 Å². The number of nitrogens with zero attached hydrogens (tertiary/aromatic N) is 2. The van der Waals surface area contributed by atoms with Gasteiger partial charge < -0.3 is 0 Å². The van der Waals surface area contributed by atoms with Crippen molar-refractivity contribution in [3.8, 4) is 11.1 Å². The van der Waals surface area contributed by atoms with Crippen LogP contribution in [0.5, 0.6) is 0 Å². The Labute approximate surface area is 87.8 Å². The number of pyridine rings is 2. The smallest absolute Gasteiger partial charge is 0.150 e. The fourth-order valence-electron chi connectivity index (χ4n) is 1.38. The third kappa shape index (κ3) is 1.91. The van der Waals surface area contributed by atoms with Crippen LogP contribution in [0.3, 0.4) is 0 Å². The Hall–Kier alpha value is -2.03. The average molecular weight is 198 g/mol. The summed E-state index contributed by atoms with van der Waals surface area (Å²) in [6.07, 6.45) is 5.86. The van der Waals surface area contributed by atoms with Crippen molar-refractivity contribution in [1.82, 2.24) is 9.97 Å². The van der Waals surface area contributed by atoms with Crippen molar-refractivity contribution in [3.63, 3.8) is 0 Å². The van der Waals surface area contributed by atoms with E-state index in [1.807, 2.05) is 19.1 Å². The van der Waals surface area contributed by atoms with Crippen molar-refractivity contribution in [3.05, 3.63) is 48.0 Å². The van der Waals surface area contributed by atoms with Crippen LogP contribution in [0.25, 0.3) is 11.1 Å². The summed E-state index contributed by atoms with van der Waals surface area (Å²) in [7, 11) is 0. The van der Waals surface area contributed by atoms with Crippen LogP contribution in [-0.4, -0.2) is 16.3 Å². The fourth-order valence-corrected chi connectivity index (χ4v) is 1.38. The molecule has 0 spiro atoms. The minimum atomic E-state index is 0.635. The molecule has 0 saturated carbocycles. The molecule has 2 aromatic rings. The van der Waals surface area contributed by atoms with Crippen LogP contribution in [0.15, 0.2) is 36.8 Å². The molecule has 0 amide bonds. The van der Waals surface area contributed by atoms with E-state index in [0.29, 0.717) is 5.56 Å². The van der Waals surface area contributed by atoms with Gasteiger partial charge in [-0.15, -0.1) is 0 Å². The number of aryl methyl sites for hydroxylation is 1. The molecule has 0 aliphatic rings. The summed E-state index contributed by atoms with van der Waals surface area (Å²) >= 11 is 0. The van der Waals surface area contributed by atoms with Gasteiger partial charge in [-0.3, -0.25) is 14.8 Å². The first kappa shape index (κ1) is 9.52. The molecular weight excluding hydrogens is 188 g/mol. The van der Waals surface area contributed by atoms with Gasteiger partial charge in [0.1, 0.15) is 0 Å². The topological polar surface area (TPSA) is 42.9 Å². The molecule has 0 aliphatic carbocycles. The van der Waals surface area contributed by atoms with E-state index in [1.165, 1.54) is 0 Å². The minimum absolute atomic E-state index is 0.635. The summed E-state index contributed by atoms with van der Waals surface area (Å²) in [6, 6.07) is 5.55. The van der Waals surface area contributed by atoms with E-state index in [-0.39, 0.29) is 0 Å². The van der Waals surface area contributed by atoms with Gasteiger partial charge in [0.2, 0.25) is 0 Å². The molecule has 15 heavy (non-hydrogen) atoms. The molecule has 0 aromatic carbocycles. The standard InChI is InChI=1S/C12H10N2O/c1-9-2-3-10(6-14-9)12-7-13-5-4-11(12)8-15/h2-8H,1H3. The van der Waals surface area contributed by atoms with Crippen LogP contribution in [-0.2, 0) is 0 Å². The Morgan fingerprint density at radius 1 is 1.20 bits per heavy atom. The molecule has 2 rings (SSSR count). The molecule has 2 aromatic heterocycles. The molecule has 74 valence electrons. The van der Waals surface area contributed by atoms with Crippen molar-refractivity contribution in [2.24, 2.45) is 0 Å². The Kier molecular flexibility index (Phi) is 2.54. The number of aldehydes is 1. The zero-order valence-corrected chi connectivity index (χ0v) is 8.34. The number of hydrogen-bond donors (Lipinski definition) is 0. The van der Waals surface area contributed by atoms with Crippen LogP contribution < -0.4 is 0 Å². The summed E-state index contributed by atoms with van der Waals surface area (Å²) in [5.41, 5.74) is 3.32. The van der Waals surface area contributed by atoms with Crippen molar-refractivity contribution in [2.45, 2.75) is 6.92 Å². The molecular formula is C12H10N2O. The minimum Gasteiger partial charge on any atom is -0.298 e. The second-order valence-electron chi connectivity index (χ2n) is 3.27. The Balaban J connectivity index is 2.53. The van der Waals surface area contributed by atoms with Crippen LogP contribution in [0, 0.1) is 6.92 Å². The highest BCUT2D eigenvalue weighted by atomic mass is 16.1. The number of aromatic nitrogens is 2. The Morgan fingerprint density at radius 3 is 2.73 bits per heavy atom. The van der Waals surface area contributed by atoms with E-state index in [0.717, 1.165) is 23.1 Å². The molecule has 3 nitrogen and oxygen atoms in total. The van der Waals surface area contributed by atoms with Crippen LogP contribution in [0.2, 0.25) is 0 Å². The van der Waals surface area contributed by atoms with E-state index in [2.05, 4.69) is 9.97 Å². The summed E-state index contributed by atoms with van der Waals surface area (Å²) in [6.45, 7) is 1.92. The zero-order valence-electron chi connectivity index (χ0n) is 8.34. The maximum absolute atomic E-state index is 10.8. The van der Waals surface area contributed by atoms with Gasteiger partial charge in [-0.1, -0.05) is 6.07 Å². The van der Waals surface area contributed by atoms with Gasteiger partial charge in [-0.2, -0.15) is 0 Å². The van der Waals surface area contributed by atoms with Crippen molar-refractivity contribution in [2.75, 3.05) is 0 Å². The highest BCUT2D eigenvalue weighted by Crippen LogP contribution is 2.20. The van der Waals surface area contributed by atoms with Gasteiger partial charge in [-0.25, -0.2) is 0 Å². The maximum atomic E-state index is 10.8. The molecule has 2 heterocycles. The van der Waals surface area contributed by atoms with E-state index >= 15 is 0 Å². The maximum Gasteiger partial charge on any atom is 0.150 e. The molecule has 0 fully saturated rings. The first-order valence-electron chi connectivity index (χ1n) is 4.63. The first-order valence-corrected chi connectivity index (χ1v) is 4.63. The average Bonchev–Trinajstić information content (AvgIpc) is 2.30. The largest absolute Gasteiger partial charge is 0.298 e. The summed E-state index contributed by atoms with van der Waals surface area (Å²) < 4.78 is 0. The van der Waals surface area contributed by atoms with Gasteiger partial charge in [0, 0.05) is 41.0 Å². The second kappa shape index (κ2) is 4.00. The highest BCUT2D eigenvalue weighted by molar-refractivity contribution is 5.86. The van der Waals surface area contributed by atoms with Gasteiger partial charge in [0.15, 0.2) is 6.29 Å². The van der Waals surface area contributed by atoms with Crippen molar-refractivity contribution < 1.29 is 4.79 Å². The molecule has 0 aliphatic heterocycles. The Morgan fingerprint density at radius 2 is 2.07 bits per heavy atom. The molecule has 0 N–H and O–H groups in total. The monoisotopic (exact) mass is 198 g/mol. The number of carbonyl (C=O) groups excluding carboxylic acids is 1. The molecule has 0 radical (unpaired) electrons. The molecule has 0 unspecified atom stereocenters. The lowest BCUT2D eigenvalue weighted by atomic mass is 10.0. The Bertz CT molecular complexity index is 477. The number of hydrogen-bond acceptors (Lipinski definition) is 3. The van der Waals surface area contributed by atoms with Crippen molar-refractivity contribution >= 4 is 6.29 Å². The lowest BCUT2D eigenvalue weighted by molar-refractivity contribution is 0.112. The predicted octanol–water partition coefficient (Wildman–Crippen LogP) is 2.26. The van der Waals surface area contributed by atoms with E-state index < -0.39 is 0 Å². The van der Waals surface area contributed by atoms with Crippen LogP contribution >= 0.6 is 0 Å². The van der Waals surface area contributed by atoms with Crippen molar-refractivity contribution in [1.29, 1.82) is 0 Å². The fraction of sp³-hybridized carbons (Fsp3) is 0.0833. The molecule has 0 bridgehead atoms. The lowest BCUT2D eigenvalue weighted by Gasteiger charge is -2.03. The summed E-state index contributed by atoms with van der Waals surface area (Å²) in [5.74, 6) is 0. The highest BCUT2D eigenvalue weighted by Gasteiger charge is 2.03. The van der Waals surface area contributed by atoms with E-state index in [9.17, 15) is 4.79 Å².